The van der Waals surface area contributed by atoms with Crippen molar-refractivity contribution in [1.82, 2.24) is 0 Å². The summed E-state index contributed by atoms with van der Waals surface area (Å²) < 4.78 is 1.03. The van der Waals surface area contributed by atoms with E-state index >= 15 is 0 Å². The fourth-order valence-corrected chi connectivity index (χ4v) is 2.44. The number of nitrogens with zero attached hydrogens (tertiary/aromatic N) is 2. The van der Waals surface area contributed by atoms with Crippen LogP contribution in [0.5, 0.6) is 0 Å². The Hall–Kier alpha value is -1.16. The van der Waals surface area contributed by atoms with Crippen molar-refractivity contribution in [2.75, 3.05) is 0 Å². The normalized spacial score (nSPS) is 23.8. The van der Waals surface area contributed by atoms with Gasteiger partial charge < -0.3 is 5.73 Å². The molecule has 0 saturated carbocycles. The van der Waals surface area contributed by atoms with Crippen LogP contribution in [-0.4, -0.2) is 11.5 Å². The van der Waals surface area contributed by atoms with Crippen LogP contribution in [0.4, 0.5) is 0 Å². The zero-order chi connectivity index (χ0) is 12.6. The Morgan fingerprint density at radius 1 is 1.29 bits per heavy atom. The van der Waals surface area contributed by atoms with Crippen molar-refractivity contribution >= 4 is 27.5 Å². The maximum atomic E-state index is 5.87. The first-order valence-corrected chi connectivity index (χ1v) is 6.43. The van der Waals surface area contributed by atoms with Gasteiger partial charge in [0.05, 0.1) is 5.71 Å². The van der Waals surface area contributed by atoms with E-state index in [9.17, 15) is 0 Å². The maximum absolute atomic E-state index is 5.87. The number of hydrogen-bond donors (Lipinski definition) is 1. The third-order valence-electron chi connectivity index (χ3n) is 3.05. The molecule has 1 aliphatic heterocycles. The molecule has 0 radical (unpaired) electrons. The van der Waals surface area contributed by atoms with Crippen LogP contribution < -0.4 is 5.73 Å². The van der Waals surface area contributed by atoms with Gasteiger partial charge in [0, 0.05) is 16.0 Å². The Kier molecular flexibility index (Phi) is 3.08. The van der Waals surface area contributed by atoms with Crippen molar-refractivity contribution in [2.24, 2.45) is 21.6 Å². The molecule has 0 saturated heterocycles. The van der Waals surface area contributed by atoms with Crippen molar-refractivity contribution in [3.63, 3.8) is 0 Å². The van der Waals surface area contributed by atoms with E-state index in [1.165, 1.54) is 0 Å². The molecule has 3 nitrogen and oxygen atoms in total. The largest absolute Gasteiger partial charge is 0.382 e. The van der Waals surface area contributed by atoms with Gasteiger partial charge in [-0.25, -0.2) is 4.99 Å². The molecular formula is C13H16BrN3. The molecule has 0 spiro atoms. The molecular weight excluding hydrogens is 278 g/mol. The average molecular weight is 294 g/mol. The summed E-state index contributed by atoms with van der Waals surface area (Å²) in [7, 11) is 0. The van der Waals surface area contributed by atoms with Gasteiger partial charge in [-0.15, -0.1) is 0 Å². The van der Waals surface area contributed by atoms with Crippen molar-refractivity contribution in [3.8, 4) is 0 Å². The van der Waals surface area contributed by atoms with Gasteiger partial charge in [-0.3, -0.25) is 4.99 Å². The highest BCUT2D eigenvalue weighted by Gasteiger charge is 2.39. The second-order valence-corrected chi connectivity index (χ2v) is 5.50. The Labute approximate surface area is 110 Å². The lowest BCUT2D eigenvalue weighted by Gasteiger charge is -2.28. The van der Waals surface area contributed by atoms with Gasteiger partial charge in [0.15, 0.2) is 5.66 Å². The Morgan fingerprint density at radius 3 is 2.47 bits per heavy atom. The standard InChI is InChI=1S/C13H16BrN3/c1-8(2)13(16-9(3)12(15)17-13)10-5-4-6-11(14)7-10/h4-8H,1-3H3,(H2,15,17). The van der Waals surface area contributed by atoms with Crippen LogP contribution in [0, 0.1) is 5.92 Å². The molecule has 0 fully saturated rings. The van der Waals surface area contributed by atoms with E-state index in [0.29, 0.717) is 5.84 Å². The van der Waals surface area contributed by atoms with Crippen molar-refractivity contribution < 1.29 is 0 Å². The molecule has 90 valence electrons. The predicted molar refractivity (Wildman–Crippen MR) is 75.4 cm³/mol. The van der Waals surface area contributed by atoms with Crippen LogP contribution >= 0.6 is 15.9 Å². The van der Waals surface area contributed by atoms with Gasteiger partial charge in [0.1, 0.15) is 5.84 Å². The predicted octanol–water partition coefficient (Wildman–Crippen LogP) is 3.09. The molecule has 1 aromatic carbocycles. The molecule has 2 N–H and O–H groups in total. The first-order valence-electron chi connectivity index (χ1n) is 5.64. The minimum absolute atomic E-state index is 0.257. The molecule has 1 atom stereocenters. The molecule has 17 heavy (non-hydrogen) atoms. The van der Waals surface area contributed by atoms with E-state index < -0.39 is 5.66 Å². The van der Waals surface area contributed by atoms with Crippen molar-refractivity contribution in [2.45, 2.75) is 26.4 Å². The molecule has 0 aromatic heterocycles. The van der Waals surface area contributed by atoms with E-state index in [2.05, 4.69) is 45.8 Å². The SMILES string of the molecule is CC1=NC(c2cccc(Br)c2)(C(C)C)N=C1N. The van der Waals surface area contributed by atoms with Crippen molar-refractivity contribution in [3.05, 3.63) is 34.3 Å². The summed E-state index contributed by atoms with van der Waals surface area (Å²) in [6.07, 6.45) is 0. The molecule has 2 rings (SSSR count). The van der Waals surface area contributed by atoms with Crippen molar-refractivity contribution in [1.29, 1.82) is 0 Å². The Bertz CT molecular complexity index is 485. The smallest absolute Gasteiger partial charge is 0.180 e. The summed E-state index contributed by atoms with van der Waals surface area (Å²) in [6.45, 7) is 6.13. The van der Waals surface area contributed by atoms with Gasteiger partial charge in [0.2, 0.25) is 0 Å². The summed E-state index contributed by atoms with van der Waals surface area (Å²) >= 11 is 3.48. The second-order valence-electron chi connectivity index (χ2n) is 4.59. The number of amidine groups is 1. The summed E-state index contributed by atoms with van der Waals surface area (Å²) in [5.41, 5.74) is 7.21. The fraction of sp³-hybridized carbons (Fsp3) is 0.385. The number of nitrogens with two attached hydrogens (primary N) is 1. The molecule has 1 aliphatic rings. The van der Waals surface area contributed by atoms with E-state index in [4.69, 9.17) is 5.73 Å². The van der Waals surface area contributed by atoms with E-state index in [0.717, 1.165) is 15.7 Å². The number of hydrogen-bond acceptors (Lipinski definition) is 3. The first-order chi connectivity index (χ1) is 7.95. The van der Waals surface area contributed by atoms with E-state index in [1.807, 2.05) is 25.1 Å². The highest BCUT2D eigenvalue weighted by Crippen LogP contribution is 2.39. The van der Waals surface area contributed by atoms with Crippen LogP contribution in [0.25, 0.3) is 0 Å². The third kappa shape index (κ3) is 2.02. The second kappa shape index (κ2) is 4.26. The summed E-state index contributed by atoms with van der Waals surface area (Å²) in [4.78, 5) is 9.26. The first kappa shape index (κ1) is 12.3. The van der Waals surface area contributed by atoms with E-state index in [-0.39, 0.29) is 5.92 Å². The zero-order valence-corrected chi connectivity index (χ0v) is 11.8. The molecule has 1 aromatic rings. The van der Waals surface area contributed by atoms with Crippen LogP contribution in [0.3, 0.4) is 0 Å². The lowest BCUT2D eigenvalue weighted by Crippen LogP contribution is -2.26. The molecule has 0 bridgehead atoms. The minimum atomic E-state index is -0.558. The fourth-order valence-electron chi connectivity index (χ4n) is 2.04. The number of halogens is 1. The molecule has 1 heterocycles. The average Bonchev–Trinajstić information content (AvgIpc) is 2.56. The maximum Gasteiger partial charge on any atom is 0.180 e. The van der Waals surface area contributed by atoms with Gasteiger partial charge in [-0.1, -0.05) is 41.9 Å². The summed E-state index contributed by atoms with van der Waals surface area (Å²) in [5, 5.41) is 0. The van der Waals surface area contributed by atoms with Gasteiger partial charge in [0.25, 0.3) is 0 Å². The number of aliphatic imine (C=N–C) groups is 2. The number of rotatable bonds is 2. The molecule has 0 aliphatic carbocycles. The van der Waals surface area contributed by atoms with Crippen LogP contribution in [0.15, 0.2) is 38.7 Å². The quantitative estimate of drug-likeness (QED) is 0.895. The highest BCUT2D eigenvalue weighted by molar-refractivity contribution is 9.10. The topological polar surface area (TPSA) is 50.7 Å². The highest BCUT2D eigenvalue weighted by atomic mass is 79.9. The lowest BCUT2D eigenvalue weighted by atomic mass is 9.89. The van der Waals surface area contributed by atoms with Gasteiger partial charge >= 0.3 is 0 Å². The summed E-state index contributed by atoms with van der Waals surface area (Å²) in [5.74, 6) is 0.798. The molecule has 0 amide bonds. The van der Waals surface area contributed by atoms with E-state index in [1.54, 1.807) is 0 Å². The zero-order valence-electron chi connectivity index (χ0n) is 10.2. The Morgan fingerprint density at radius 2 is 2.00 bits per heavy atom. The minimum Gasteiger partial charge on any atom is -0.382 e. The number of benzene rings is 1. The lowest BCUT2D eigenvalue weighted by molar-refractivity contribution is 0.342. The van der Waals surface area contributed by atoms with Gasteiger partial charge in [-0.05, 0) is 19.1 Å². The van der Waals surface area contributed by atoms with Gasteiger partial charge in [-0.2, -0.15) is 0 Å². The third-order valence-corrected chi connectivity index (χ3v) is 3.55. The van der Waals surface area contributed by atoms with Crippen LogP contribution in [-0.2, 0) is 5.66 Å². The summed E-state index contributed by atoms with van der Waals surface area (Å²) in [6, 6.07) is 8.09. The molecule has 1 unspecified atom stereocenters. The van der Waals surface area contributed by atoms with Crippen LogP contribution in [0.2, 0.25) is 0 Å². The molecule has 4 heteroatoms. The monoisotopic (exact) mass is 293 g/mol. The Balaban J connectivity index is 2.59. The van der Waals surface area contributed by atoms with Crippen LogP contribution in [0.1, 0.15) is 26.3 Å².